The zero-order chi connectivity index (χ0) is 20.0. The molecule has 10 heteroatoms. The molecule has 2 aromatic rings. The third-order valence-corrected chi connectivity index (χ3v) is 4.59. The summed E-state index contributed by atoms with van der Waals surface area (Å²) >= 11 is 0. The molecule has 0 fully saturated rings. The summed E-state index contributed by atoms with van der Waals surface area (Å²) < 4.78 is 28.3. The summed E-state index contributed by atoms with van der Waals surface area (Å²) in [5.41, 5.74) is 6.14. The summed E-state index contributed by atoms with van der Waals surface area (Å²) in [5, 5.41) is 10.1. The van der Waals surface area contributed by atoms with Crippen molar-refractivity contribution < 1.29 is 22.7 Å². The van der Waals surface area contributed by atoms with Gasteiger partial charge in [-0.3, -0.25) is 4.79 Å². The smallest absolute Gasteiger partial charge is 0.312 e. The van der Waals surface area contributed by atoms with Crippen LogP contribution >= 0.6 is 0 Å². The molecule has 0 radical (unpaired) electrons. The van der Waals surface area contributed by atoms with Crippen molar-refractivity contribution in [3.63, 3.8) is 0 Å². The number of anilines is 1. The van der Waals surface area contributed by atoms with Crippen LogP contribution in [0.2, 0.25) is 0 Å². The minimum atomic E-state index is -4.06. The number of nitrogens with two attached hydrogens (primary N) is 2. The predicted molar refractivity (Wildman–Crippen MR) is 99.7 cm³/mol. The number of methoxy groups -OCH3 is 1. The van der Waals surface area contributed by atoms with Crippen LogP contribution in [-0.4, -0.2) is 33.5 Å². The fourth-order valence-corrected chi connectivity index (χ4v) is 3.16. The van der Waals surface area contributed by atoms with Gasteiger partial charge in [-0.2, -0.15) is 0 Å². The lowest BCUT2D eigenvalue weighted by atomic mass is 10.1. The molecule has 144 valence electrons. The van der Waals surface area contributed by atoms with Crippen molar-refractivity contribution in [2.45, 2.75) is 17.4 Å². The first kappa shape index (κ1) is 20.2. The molecule has 2 rings (SSSR count). The average molecular weight is 392 g/mol. The number of ether oxygens (including phenoxy) is 1. The lowest BCUT2D eigenvalue weighted by molar-refractivity contribution is -0.117. The second-order valence-corrected chi connectivity index (χ2v) is 7.18. The van der Waals surface area contributed by atoms with E-state index in [0.29, 0.717) is 0 Å². The lowest BCUT2D eigenvalue weighted by Crippen LogP contribution is -2.47. The Kier molecular flexibility index (Phi) is 6.37. The SMILES string of the molecule is COc1ccc(NC(=O)C(Cc2ccccc2)NC(N)=O)cc1S(N)(=O)=O. The second kappa shape index (κ2) is 8.52. The first-order valence-electron chi connectivity index (χ1n) is 7.82. The standard InChI is InChI=1S/C17H20N4O5S/c1-26-14-8-7-12(10-15(14)27(19,24)25)20-16(22)13(21-17(18)23)9-11-5-3-2-4-6-11/h2-8,10,13H,9H2,1H3,(H,20,22)(H3,18,21,23)(H2,19,24,25). The Morgan fingerprint density at radius 1 is 1.15 bits per heavy atom. The van der Waals surface area contributed by atoms with Crippen LogP contribution in [0.1, 0.15) is 5.56 Å². The van der Waals surface area contributed by atoms with Crippen molar-refractivity contribution in [2.75, 3.05) is 12.4 Å². The highest BCUT2D eigenvalue weighted by Crippen LogP contribution is 2.26. The highest BCUT2D eigenvalue weighted by Gasteiger charge is 2.22. The molecule has 0 aliphatic heterocycles. The monoisotopic (exact) mass is 392 g/mol. The van der Waals surface area contributed by atoms with Gasteiger partial charge in [0.1, 0.15) is 16.7 Å². The molecule has 1 atom stereocenters. The first-order chi connectivity index (χ1) is 12.7. The molecule has 3 amide bonds. The van der Waals surface area contributed by atoms with Gasteiger partial charge >= 0.3 is 6.03 Å². The maximum absolute atomic E-state index is 12.6. The number of amides is 3. The number of urea groups is 1. The van der Waals surface area contributed by atoms with Gasteiger partial charge in [0.2, 0.25) is 15.9 Å². The van der Waals surface area contributed by atoms with Gasteiger partial charge in [-0.25, -0.2) is 18.4 Å². The molecule has 0 bridgehead atoms. The highest BCUT2D eigenvalue weighted by atomic mass is 32.2. The van der Waals surface area contributed by atoms with Gasteiger partial charge in [-0.15, -0.1) is 0 Å². The van der Waals surface area contributed by atoms with Gasteiger partial charge in [-0.05, 0) is 23.8 Å². The maximum Gasteiger partial charge on any atom is 0.312 e. The first-order valence-corrected chi connectivity index (χ1v) is 9.37. The van der Waals surface area contributed by atoms with Crippen molar-refractivity contribution in [2.24, 2.45) is 10.9 Å². The van der Waals surface area contributed by atoms with Crippen LogP contribution in [0, 0.1) is 0 Å². The Labute approximate surface area is 156 Å². The van der Waals surface area contributed by atoms with Crippen molar-refractivity contribution >= 4 is 27.6 Å². The van der Waals surface area contributed by atoms with Crippen LogP contribution in [0.5, 0.6) is 5.75 Å². The van der Waals surface area contributed by atoms with Gasteiger partial charge in [0.25, 0.3) is 0 Å². The van der Waals surface area contributed by atoms with Crippen LogP contribution in [0.3, 0.4) is 0 Å². The van der Waals surface area contributed by atoms with E-state index in [1.165, 1.54) is 25.3 Å². The fourth-order valence-electron chi connectivity index (χ4n) is 2.44. The van der Waals surface area contributed by atoms with E-state index >= 15 is 0 Å². The van der Waals surface area contributed by atoms with Crippen LogP contribution in [-0.2, 0) is 21.2 Å². The molecule has 2 aromatic carbocycles. The number of hydrogen-bond acceptors (Lipinski definition) is 5. The third kappa shape index (κ3) is 5.69. The van der Waals surface area contributed by atoms with E-state index < -0.39 is 28.0 Å². The van der Waals surface area contributed by atoms with Gasteiger partial charge in [-0.1, -0.05) is 30.3 Å². The number of nitrogens with one attached hydrogen (secondary N) is 2. The van der Waals surface area contributed by atoms with Crippen molar-refractivity contribution in [1.82, 2.24) is 5.32 Å². The van der Waals surface area contributed by atoms with E-state index in [1.807, 2.05) is 6.07 Å². The fraction of sp³-hybridized carbons (Fsp3) is 0.176. The minimum Gasteiger partial charge on any atom is -0.495 e. The third-order valence-electron chi connectivity index (χ3n) is 3.65. The summed E-state index contributed by atoms with van der Waals surface area (Å²) in [7, 11) is -2.76. The minimum absolute atomic E-state index is 0.0478. The predicted octanol–water partition coefficient (Wildman–Crippen LogP) is 0.561. The molecule has 0 saturated heterocycles. The quantitative estimate of drug-likeness (QED) is 0.542. The Hall–Kier alpha value is -3.11. The van der Waals surface area contributed by atoms with Crippen molar-refractivity contribution in [3.05, 3.63) is 54.1 Å². The molecular formula is C17H20N4O5S. The van der Waals surface area contributed by atoms with E-state index in [2.05, 4.69) is 10.6 Å². The van der Waals surface area contributed by atoms with E-state index in [-0.39, 0.29) is 22.8 Å². The summed E-state index contributed by atoms with van der Waals surface area (Å²) in [6.07, 6.45) is 0.202. The number of hydrogen-bond donors (Lipinski definition) is 4. The molecule has 0 saturated carbocycles. The summed E-state index contributed by atoms with van der Waals surface area (Å²) in [6, 6.07) is 11.2. The molecular weight excluding hydrogens is 372 g/mol. The van der Waals surface area contributed by atoms with E-state index in [1.54, 1.807) is 24.3 Å². The van der Waals surface area contributed by atoms with Crippen LogP contribution in [0.4, 0.5) is 10.5 Å². The molecule has 0 spiro atoms. The maximum atomic E-state index is 12.6. The number of primary amides is 1. The second-order valence-electron chi connectivity index (χ2n) is 5.65. The average Bonchev–Trinajstić information content (AvgIpc) is 2.61. The molecule has 27 heavy (non-hydrogen) atoms. The summed E-state index contributed by atoms with van der Waals surface area (Å²) in [4.78, 5) is 23.5. The number of benzene rings is 2. The van der Waals surface area contributed by atoms with Crippen molar-refractivity contribution in [3.8, 4) is 5.75 Å². The van der Waals surface area contributed by atoms with Gasteiger partial charge in [0.15, 0.2) is 0 Å². The van der Waals surface area contributed by atoms with Crippen LogP contribution in [0.25, 0.3) is 0 Å². The zero-order valence-corrected chi connectivity index (χ0v) is 15.3. The molecule has 6 N–H and O–H groups in total. The summed E-state index contributed by atoms with van der Waals surface area (Å²) in [6.45, 7) is 0. The molecule has 0 heterocycles. The van der Waals surface area contributed by atoms with Crippen LogP contribution < -0.4 is 26.2 Å². The highest BCUT2D eigenvalue weighted by molar-refractivity contribution is 7.89. The summed E-state index contributed by atoms with van der Waals surface area (Å²) in [5.74, 6) is -0.519. The number of carbonyl (C=O) groups excluding carboxylic acids is 2. The topological polar surface area (TPSA) is 154 Å². The zero-order valence-electron chi connectivity index (χ0n) is 14.5. The van der Waals surface area contributed by atoms with Gasteiger partial charge < -0.3 is 21.1 Å². The normalized spacial score (nSPS) is 12.1. The van der Waals surface area contributed by atoms with Gasteiger partial charge in [0.05, 0.1) is 7.11 Å². The Balaban J connectivity index is 2.25. The largest absolute Gasteiger partial charge is 0.495 e. The molecule has 1 unspecified atom stereocenters. The van der Waals surface area contributed by atoms with E-state index in [4.69, 9.17) is 15.6 Å². The number of rotatable bonds is 7. The van der Waals surface area contributed by atoms with E-state index in [9.17, 15) is 18.0 Å². The van der Waals surface area contributed by atoms with Gasteiger partial charge in [0, 0.05) is 12.1 Å². The molecule has 9 nitrogen and oxygen atoms in total. The van der Waals surface area contributed by atoms with E-state index in [0.717, 1.165) is 5.56 Å². The Morgan fingerprint density at radius 2 is 1.81 bits per heavy atom. The van der Waals surface area contributed by atoms with Crippen LogP contribution in [0.15, 0.2) is 53.4 Å². The Bertz CT molecular complexity index is 932. The molecule has 0 aliphatic carbocycles. The van der Waals surface area contributed by atoms with Crippen molar-refractivity contribution in [1.29, 1.82) is 0 Å². The number of primary sulfonamides is 1. The number of carbonyl (C=O) groups is 2. The Morgan fingerprint density at radius 3 is 2.37 bits per heavy atom. The lowest BCUT2D eigenvalue weighted by Gasteiger charge is -2.18. The molecule has 0 aromatic heterocycles. The molecule has 0 aliphatic rings. The number of sulfonamides is 1.